The summed E-state index contributed by atoms with van der Waals surface area (Å²) < 4.78 is 12.9. The van der Waals surface area contributed by atoms with Crippen LogP contribution in [-0.2, 0) is 0 Å². The van der Waals surface area contributed by atoms with Crippen LogP contribution in [0.2, 0.25) is 0 Å². The van der Waals surface area contributed by atoms with Crippen LogP contribution in [0.1, 0.15) is 0 Å². The van der Waals surface area contributed by atoms with Crippen LogP contribution in [0.25, 0.3) is 111 Å². The van der Waals surface area contributed by atoms with Crippen LogP contribution in [0.4, 0.5) is 0 Å². The molecule has 5 heteroatoms. The zero-order valence-corrected chi connectivity index (χ0v) is 28.9. The predicted octanol–water partition coefficient (Wildman–Crippen LogP) is 13.2. The lowest BCUT2D eigenvalue weighted by Crippen LogP contribution is -2.01. The summed E-state index contributed by atoms with van der Waals surface area (Å²) in [5.74, 6) is 1.78. The maximum absolute atomic E-state index is 6.60. The first kappa shape index (κ1) is 30.3. The minimum Gasteiger partial charge on any atom is -0.456 e. The minimum atomic E-state index is 0.571. The van der Waals surface area contributed by atoms with Crippen molar-refractivity contribution in [3.05, 3.63) is 176 Å². The molecule has 0 amide bonds. The Morgan fingerprint density at radius 3 is 1.81 bits per heavy atom. The van der Waals surface area contributed by atoms with Crippen LogP contribution < -0.4 is 0 Å². The normalized spacial score (nSPS) is 11.7. The Bertz CT molecular complexity index is 3230. The van der Waals surface area contributed by atoms with Gasteiger partial charge in [0, 0.05) is 43.8 Å². The molecule has 0 spiro atoms. The van der Waals surface area contributed by atoms with Crippen LogP contribution in [0, 0.1) is 0 Å². The topological polar surface area (TPSA) is 65.0 Å². The predicted molar refractivity (Wildman–Crippen MR) is 219 cm³/mol. The standard InChI is InChI=1S/C49H29N3O2/c1-2-13-31(14-3-1)47-50-48(34-25-24-30-12-4-5-15-32(30)28-34)52-49(51-47)41-29-33(35-18-11-23-44-45(35)40-17-7-9-22-43(40)53-44)26-27-36(41)38-19-10-20-39-37-16-6-8-21-42(37)54-46(38)39/h1-29H. The Morgan fingerprint density at radius 2 is 0.944 bits per heavy atom. The van der Waals surface area contributed by atoms with Crippen molar-refractivity contribution in [2.24, 2.45) is 0 Å². The maximum atomic E-state index is 6.60. The molecule has 11 aromatic rings. The zero-order valence-electron chi connectivity index (χ0n) is 28.9. The fraction of sp³-hybridized carbons (Fsp3) is 0. The van der Waals surface area contributed by atoms with E-state index in [0.717, 1.165) is 93.6 Å². The molecule has 0 saturated heterocycles. The number of nitrogens with zero attached hydrogens (tertiary/aromatic N) is 3. The third-order valence-corrected chi connectivity index (χ3v) is 10.3. The van der Waals surface area contributed by atoms with Crippen molar-refractivity contribution in [1.29, 1.82) is 0 Å². The monoisotopic (exact) mass is 691 g/mol. The first-order chi connectivity index (χ1) is 26.7. The van der Waals surface area contributed by atoms with Crippen molar-refractivity contribution in [2.75, 3.05) is 0 Å². The molecule has 54 heavy (non-hydrogen) atoms. The number of benzene rings is 8. The Balaban J connectivity index is 1.21. The van der Waals surface area contributed by atoms with Gasteiger partial charge in [0.05, 0.1) is 0 Å². The van der Waals surface area contributed by atoms with Gasteiger partial charge in [-0.25, -0.2) is 15.0 Å². The van der Waals surface area contributed by atoms with Crippen molar-refractivity contribution in [2.45, 2.75) is 0 Å². The summed E-state index contributed by atoms with van der Waals surface area (Å²) in [4.78, 5) is 15.6. The highest BCUT2D eigenvalue weighted by atomic mass is 16.3. The molecule has 0 aliphatic carbocycles. The maximum Gasteiger partial charge on any atom is 0.164 e. The third kappa shape index (κ3) is 4.90. The van der Waals surface area contributed by atoms with E-state index in [1.165, 1.54) is 0 Å². The summed E-state index contributed by atoms with van der Waals surface area (Å²) in [7, 11) is 0. The Morgan fingerprint density at radius 1 is 0.315 bits per heavy atom. The molecule has 3 heterocycles. The first-order valence-electron chi connectivity index (χ1n) is 18.0. The smallest absolute Gasteiger partial charge is 0.164 e. The molecule has 0 fully saturated rings. The Kier molecular flexibility index (Phi) is 6.79. The van der Waals surface area contributed by atoms with Crippen molar-refractivity contribution in [1.82, 2.24) is 15.0 Å². The largest absolute Gasteiger partial charge is 0.456 e. The molecule has 0 aliphatic heterocycles. The van der Waals surface area contributed by atoms with E-state index in [1.54, 1.807) is 0 Å². The lowest BCUT2D eigenvalue weighted by molar-refractivity contribution is 0.669. The highest BCUT2D eigenvalue weighted by Gasteiger charge is 2.21. The van der Waals surface area contributed by atoms with Crippen LogP contribution in [0.5, 0.6) is 0 Å². The summed E-state index contributed by atoms with van der Waals surface area (Å²) >= 11 is 0. The Labute approximate surface area is 309 Å². The van der Waals surface area contributed by atoms with Gasteiger partial charge in [-0.1, -0.05) is 146 Å². The number of hydrogen-bond acceptors (Lipinski definition) is 5. The van der Waals surface area contributed by atoms with Gasteiger partial charge in [-0.05, 0) is 57.8 Å². The van der Waals surface area contributed by atoms with Crippen LogP contribution in [0.15, 0.2) is 185 Å². The van der Waals surface area contributed by atoms with Crippen molar-refractivity contribution in [3.63, 3.8) is 0 Å². The SMILES string of the molecule is c1ccc(-c2nc(-c3ccc4ccccc4c3)nc(-c3cc(-c4cccc5oc6ccccc6c45)ccc3-c3cccc4c3oc3ccccc34)n2)cc1. The molecule has 0 bridgehead atoms. The molecule has 0 saturated carbocycles. The van der Waals surface area contributed by atoms with Gasteiger partial charge >= 0.3 is 0 Å². The molecule has 0 aliphatic rings. The van der Waals surface area contributed by atoms with E-state index >= 15 is 0 Å². The second-order valence-corrected chi connectivity index (χ2v) is 13.6. The fourth-order valence-corrected chi connectivity index (χ4v) is 7.78. The van der Waals surface area contributed by atoms with E-state index in [2.05, 4.69) is 115 Å². The lowest BCUT2D eigenvalue weighted by Gasteiger charge is -2.15. The van der Waals surface area contributed by atoms with E-state index in [1.807, 2.05) is 60.7 Å². The molecule has 3 aromatic heterocycles. The molecule has 11 rings (SSSR count). The lowest BCUT2D eigenvalue weighted by atomic mass is 9.92. The van der Waals surface area contributed by atoms with E-state index in [4.69, 9.17) is 23.8 Å². The summed E-state index contributed by atoms with van der Waals surface area (Å²) in [6, 6.07) is 60.4. The first-order valence-corrected chi connectivity index (χ1v) is 18.0. The average molecular weight is 692 g/mol. The molecule has 0 atom stereocenters. The van der Waals surface area contributed by atoms with Gasteiger partial charge in [-0.2, -0.15) is 0 Å². The molecule has 0 unspecified atom stereocenters. The van der Waals surface area contributed by atoms with Crippen molar-refractivity contribution < 1.29 is 8.83 Å². The van der Waals surface area contributed by atoms with Gasteiger partial charge in [-0.3, -0.25) is 0 Å². The molecule has 5 nitrogen and oxygen atoms in total. The van der Waals surface area contributed by atoms with E-state index < -0.39 is 0 Å². The van der Waals surface area contributed by atoms with E-state index in [-0.39, 0.29) is 0 Å². The Hall–Kier alpha value is -7.37. The van der Waals surface area contributed by atoms with Gasteiger partial charge in [0.25, 0.3) is 0 Å². The second kappa shape index (κ2) is 12.1. The quantitative estimate of drug-likeness (QED) is 0.180. The molecule has 252 valence electrons. The third-order valence-electron chi connectivity index (χ3n) is 10.3. The average Bonchev–Trinajstić information content (AvgIpc) is 3.82. The van der Waals surface area contributed by atoms with E-state index in [9.17, 15) is 0 Å². The summed E-state index contributed by atoms with van der Waals surface area (Å²) in [6.45, 7) is 0. The number of fused-ring (bicyclic) bond motifs is 7. The number of rotatable bonds is 5. The van der Waals surface area contributed by atoms with Gasteiger partial charge in [0.2, 0.25) is 0 Å². The molecule has 0 radical (unpaired) electrons. The summed E-state index contributed by atoms with van der Waals surface area (Å²) in [6.07, 6.45) is 0. The minimum absolute atomic E-state index is 0.571. The van der Waals surface area contributed by atoms with Crippen molar-refractivity contribution in [3.8, 4) is 56.4 Å². The summed E-state index contributed by atoms with van der Waals surface area (Å²) in [5, 5.41) is 6.57. The zero-order chi connectivity index (χ0) is 35.6. The number of aromatic nitrogens is 3. The molecule has 8 aromatic carbocycles. The van der Waals surface area contributed by atoms with Gasteiger partial charge in [-0.15, -0.1) is 0 Å². The highest BCUT2D eigenvalue weighted by molar-refractivity contribution is 6.13. The van der Waals surface area contributed by atoms with E-state index in [0.29, 0.717) is 17.5 Å². The van der Waals surface area contributed by atoms with Crippen LogP contribution >= 0.6 is 0 Å². The van der Waals surface area contributed by atoms with Crippen molar-refractivity contribution >= 4 is 54.6 Å². The number of furan rings is 2. The highest BCUT2D eigenvalue weighted by Crippen LogP contribution is 2.43. The molecular weight excluding hydrogens is 663 g/mol. The fourth-order valence-electron chi connectivity index (χ4n) is 7.78. The van der Waals surface area contributed by atoms with Gasteiger partial charge < -0.3 is 8.83 Å². The second-order valence-electron chi connectivity index (χ2n) is 13.6. The van der Waals surface area contributed by atoms with Gasteiger partial charge in [0.1, 0.15) is 22.3 Å². The number of para-hydroxylation sites is 3. The molecular formula is C49H29N3O2. The van der Waals surface area contributed by atoms with Gasteiger partial charge in [0.15, 0.2) is 17.5 Å². The van der Waals surface area contributed by atoms with Crippen LogP contribution in [-0.4, -0.2) is 15.0 Å². The number of hydrogen-bond donors (Lipinski definition) is 0. The molecule has 0 N–H and O–H groups in total. The van der Waals surface area contributed by atoms with Crippen LogP contribution in [0.3, 0.4) is 0 Å². The summed E-state index contributed by atoms with van der Waals surface area (Å²) in [5.41, 5.74) is 10.1.